The molecule has 92 valence electrons. The molecule has 2 amide bonds. The molecule has 2 N–H and O–H groups in total. The monoisotopic (exact) mass is 255 g/mol. The Labute approximate surface area is 103 Å². The van der Waals surface area contributed by atoms with Crippen molar-refractivity contribution >= 4 is 23.8 Å². The Balaban J connectivity index is 2.35. The van der Waals surface area contributed by atoms with E-state index >= 15 is 0 Å². The van der Waals surface area contributed by atoms with Gasteiger partial charge in [0.1, 0.15) is 5.75 Å². The highest BCUT2D eigenvalue weighted by molar-refractivity contribution is 8.00. The maximum absolute atomic E-state index is 11.3. The van der Waals surface area contributed by atoms with Gasteiger partial charge in [-0.3, -0.25) is 10.1 Å². The van der Waals surface area contributed by atoms with E-state index in [2.05, 4.69) is 10.1 Å². The molecule has 0 aliphatic rings. The third kappa shape index (κ3) is 5.26. The van der Waals surface area contributed by atoms with Crippen LogP contribution in [0.3, 0.4) is 0 Å². The fourth-order valence-corrected chi connectivity index (χ4v) is 1.79. The Morgan fingerprint density at radius 3 is 2.88 bits per heavy atom. The zero-order valence-electron chi connectivity index (χ0n) is 9.30. The van der Waals surface area contributed by atoms with E-state index in [1.165, 1.54) is 11.8 Å². The van der Waals surface area contributed by atoms with Crippen molar-refractivity contribution in [1.82, 2.24) is 5.32 Å². The summed E-state index contributed by atoms with van der Waals surface area (Å²) in [5.41, 5.74) is 0. The topological polar surface area (TPSA) is 75.6 Å². The van der Waals surface area contributed by atoms with Gasteiger partial charge < -0.3 is 9.84 Å². The SMILES string of the molecule is CCOC(=O)NC(=O)CSc1cccc(O)c1. The fraction of sp³-hybridized carbons (Fsp3) is 0.273. The number of thioether (sulfide) groups is 1. The van der Waals surface area contributed by atoms with Gasteiger partial charge >= 0.3 is 6.09 Å². The molecule has 0 fully saturated rings. The Morgan fingerprint density at radius 2 is 2.24 bits per heavy atom. The van der Waals surface area contributed by atoms with Crippen molar-refractivity contribution in [3.63, 3.8) is 0 Å². The number of amides is 2. The number of hydrogen-bond acceptors (Lipinski definition) is 5. The van der Waals surface area contributed by atoms with Gasteiger partial charge in [0.25, 0.3) is 0 Å². The molecule has 0 aromatic heterocycles. The van der Waals surface area contributed by atoms with E-state index in [-0.39, 0.29) is 18.1 Å². The minimum Gasteiger partial charge on any atom is -0.508 e. The van der Waals surface area contributed by atoms with Crippen molar-refractivity contribution in [2.75, 3.05) is 12.4 Å². The average Bonchev–Trinajstić information content (AvgIpc) is 2.27. The first-order valence-electron chi connectivity index (χ1n) is 5.00. The van der Waals surface area contributed by atoms with Crippen molar-refractivity contribution < 1.29 is 19.4 Å². The van der Waals surface area contributed by atoms with Crippen LogP contribution < -0.4 is 5.32 Å². The van der Waals surface area contributed by atoms with Crippen LogP contribution in [0.25, 0.3) is 0 Å². The van der Waals surface area contributed by atoms with E-state index in [0.717, 1.165) is 4.90 Å². The number of benzene rings is 1. The molecule has 0 heterocycles. The van der Waals surface area contributed by atoms with Crippen molar-refractivity contribution in [3.8, 4) is 5.75 Å². The molecule has 0 aliphatic carbocycles. The van der Waals surface area contributed by atoms with Crippen LogP contribution in [0.5, 0.6) is 5.75 Å². The first-order valence-corrected chi connectivity index (χ1v) is 5.99. The molecule has 0 spiro atoms. The van der Waals surface area contributed by atoms with Crippen molar-refractivity contribution in [3.05, 3.63) is 24.3 Å². The van der Waals surface area contributed by atoms with Gasteiger partial charge in [-0.25, -0.2) is 4.79 Å². The first kappa shape index (κ1) is 13.4. The minimum atomic E-state index is -0.742. The summed E-state index contributed by atoms with van der Waals surface area (Å²) in [5.74, 6) is -0.208. The summed E-state index contributed by atoms with van der Waals surface area (Å²) in [5, 5.41) is 11.3. The number of alkyl carbamates (subject to hydrolysis) is 1. The van der Waals surface area contributed by atoms with Gasteiger partial charge in [-0.15, -0.1) is 11.8 Å². The Kier molecular flexibility index (Phi) is 5.35. The van der Waals surface area contributed by atoms with Crippen LogP contribution in [-0.4, -0.2) is 29.5 Å². The minimum absolute atomic E-state index is 0.0856. The van der Waals surface area contributed by atoms with Crippen molar-refractivity contribution in [2.45, 2.75) is 11.8 Å². The van der Waals surface area contributed by atoms with Crippen molar-refractivity contribution in [2.24, 2.45) is 0 Å². The second-order valence-electron chi connectivity index (χ2n) is 3.05. The highest BCUT2D eigenvalue weighted by Gasteiger charge is 2.08. The molecule has 6 heteroatoms. The molecule has 0 bridgehead atoms. The number of hydrogen-bond donors (Lipinski definition) is 2. The van der Waals surface area contributed by atoms with E-state index in [9.17, 15) is 14.7 Å². The van der Waals surface area contributed by atoms with Crippen LogP contribution in [0, 0.1) is 0 Å². The normalized spacial score (nSPS) is 9.71. The molecule has 0 radical (unpaired) electrons. The highest BCUT2D eigenvalue weighted by Crippen LogP contribution is 2.21. The zero-order chi connectivity index (χ0) is 12.7. The summed E-state index contributed by atoms with van der Waals surface area (Å²) in [6, 6.07) is 6.54. The molecule has 17 heavy (non-hydrogen) atoms. The van der Waals surface area contributed by atoms with Crippen LogP contribution in [0.15, 0.2) is 29.2 Å². The lowest BCUT2D eigenvalue weighted by atomic mass is 10.3. The van der Waals surface area contributed by atoms with E-state index in [0.29, 0.717) is 0 Å². The fourth-order valence-electron chi connectivity index (χ4n) is 1.04. The first-order chi connectivity index (χ1) is 8.11. The summed E-state index contributed by atoms with van der Waals surface area (Å²) in [6.45, 7) is 1.88. The van der Waals surface area contributed by atoms with Gasteiger partial charge in [0, 0.05) is 4.90 Å². The van der Waals surface area contributed by atoms with Crippen LogP contribution >= 0.6 is 11.8 Å². The number of phenolic OH excluding ortho intramolecular Hbond substituents is 1. The lowest BCUT2D eigenvalue weighted by Gasteiger charge is -2.04. The lowest BCUT2D eigenvalue weighted by molar-refractivity contribution is -0.117. The summed E-state index contributed by atoms with van der Waals surface area (Å²) in [6.07, 6.45) is -0.742. The average molecular weight is 255 g/mol. The number of aromatic hydroxyl groups is 1. The number of rotatable bonds is 4. The maximum atomic E-state index is 11.3. The Morgan fingerprint density at radius 1 is 1.47 bits per heavy atom. The summed E-state index contributed by atoms with van der Waals surface area (Å²) in [7, 11) is 0. The van der Waals surface area contributed by atoms with Gasteiger partial charge in [-0.05, 0) is 25.1 Å². The predicted octanol–water partition coefficient (Wildman–Crippen LogP) is 1.76. The zero-order valence-corrected chi connectivity index (χ0v) is 10.1. The molecule has 5 nitrogen and oxygen atoms in total. The summed E-state index contributed by atoms with van der Waals surface area (Å²) >= 11 is 1.22. The molecule has 0 saturated heterocycles. The van der Waals surface area contributed by atoms with E-state index in [1.807, 2.05) is 0 Å². The smallest absolute Gasteiger partial charge is 0.413 e. The number of ether oxygens (including phenoxy) is 1. The number of nitrogens with one attached hydrogen (secondary N) is 1. The van der Waals surface area contributed by atoms with Gasteiger partial charge in [-0.1, -0.05) is 6.07 Å². The Hall–Kier alpha value is -1.69. The highest BCUT2D eigenvalue weighted by atomic mass is 32.2. The molecule has 0 aliphatic heterocycles. The third-order valence-corrected chi connectivity index (χ3v) is 2.70. The van der Waals surface area contributed by atoms with Gasteiger partial charge in [0.2, 0.25) is 5.91 Å². The van der Waals surface area contributed by atoms with Gasteiger partial charge in [0.15, 0.2) is 0 Å². The molecular weight excluding hydrogens is 242 g/mol. The van der Waals surface area contributed by atoms with Gasteiger partial charge in [0.05, 0.1) is 12.4 Å². The van der Waals surface area contributed by atoms with Crippen LogP contribution in [0.2, 0.25) is 0 Å². The van der Waals surface area contributed by atoms with Crippen LogP contribution in [-0.2, 0) is 9.53 Å². The second kappa shape index (κ2) is 6.80. The maximum Gasteiger partial charge on any atom is 0.413 e. The largest absolute Gasteiger partial charge is 0.508 e. The number of carbonyl (C=O) groups excluding carboxylic acids is 2. The van der Waals surface area contributed by atoms with E-state index in [1.54, 1.807) is 31.2 Å². The second-order valence-corrected chi connectivity index (χ2v) is 4.10. The van der Waals surface area contributed by atoms with E-state index in [4.69, 9.17) is 0 Å². The molecular formula is C11H13NO4S. The quantitative estimate of drug-likeness (QED) is 0.802. The standard InChI is InChI=1S/C11H13NO4S/c1-2-16-11(15)12-10(14)7-17-9-5-3-4-8(13)6-9/h3-6,13H,2,7H2,1H3,(H,12,14,15). The molecule has 0 unspecified atom stereocenters. The summed E-state index contributed by atoms with van der Waals surface area (Å²) < 4.78 is 4.56. The third-order valence-electron chi connectivity index (χ3n) is 1.70. The predicted molar refractivity (Wildman–Crippen MR) is 64.0 cm³/mol. The van der Waals surface area contributed by atoms with E-state index < -0.39 is 12.0 Å². The van der Waals surface area contributed by atoms with Gasteiger partial charge in [-0.2, -0.15) is 0 Å². The van der Waals surface area contributed by atoms with Crippen molar-refractivity contribution in [1.29, 1.82) is 0 Å². The molecule has 0 saturated carbocycles. The van der Waals surface area contributed by atoms with Crippen LogP contribution in [0.4, 0.5) is 4.79 Å². The van der Waals surface area contributed by atoms with Crippen LogP contribution in [0.1, 0.15) is 6.92 Å². The number of phenols is 1. The molecule has 0 atom stereocenters. The molecule has 1 rings (SSSR count). The summed E-state index contributed by atoms with van der Waals surface area (Å²) in [4.78, 5) is 23.0. The molecule has 1 aromatic rings. The number of carbonyl (C=O) groups is 2. The lowest BCUT2D eigenvalue weighted by Crippen LogP contribution is -2.32. The molecule has 1 aromatic carbocycles. The number of imide groups is 1. The Bertz CT molecular complexity index is 408.